The number of anilines is 1. The molecule has 0 saturated carbocycles. The van der Waals surface area contributed by atoms with Crippen molar-refractivity contribution in [3.8, 4) is 0 Å². The third-order valence-corrected chi connectivity index (χ3v) is 3.44. The first-order chi connectivity index (χ1) is 9.34. The van der Waals surface area contributed by atoms with E-state index < -0.39 is 28.9 Å². The van der Waals surface area contributed by atoms with E-state index in [2.05, 4.69) is 10.6 Å². The smallest absolute Gasteiger partial charge is 0.388 e. The van der Waals surface area contributed by atoms with Gasteiger partial charge in [0.1, 0.15) is 0 Å². The molecule has 0 unspecified atom stereocenters. The topological polar surface area (TPSA) is 61.4 Å². The van der Waals surface area contributed by atoms with Crippen LogP contribution in [0.4, 0.5) is 23.7 Å². The van der Waals surface area contributed by atoms with Crippen molar-refractivity contribution >= 4 is 11.7 Å². The van der Waals surface area contributed by atoms with Gasteiger partial charge in [0.05, 0.1) is 22.4 Å². The number of para-hydroxylation sites is 1. The highest BCUT2D eigenvalue weighted by Gasteiger charge is 2.37. The number of aliphatic hydroxyl groups is 1. The molecule has 0 saturated heterocycles. The zero-order valence-electron chi connectivity index (χ0n) is 12.3. The molecule has 1 rings (SSSR count). The van der Waals surface area contributed by atoms with Crippen LogP contribution in [0.5, 0.6) is 0 Å². The predicted octanol–water partition coefficient (Wildman–Crippen LogP) is 3.38. The van der Waals surface area contributed by atoms with Gasteiger partial charge in [0, 0.05) is 0 Å². The minimum Gasteiger partial charge on any atom is -0.388 e. The number of hydrogen-bond donors (Lipinski definition) is 3. The third kappa shape index (κ3) is 4.35. The van der Waals surface area contributed by atoms with E-state index in [4.69, 9.17) is 0 Å². The molecule has 0 aliphatic rings. The van der Waals surface area contributed by atoms with E-state index in [0.29, 0.717) is 0 Å². The van der Waals surface area contributed by atoms with Crippen molar-refractivity contribution in [2.75, 3.05) is 5.32 Å². The Labute approximate surface area is 121 Å². The van der Waals surface area contributed by atoms with Gasteiger partial charge in [0.25, 0.3) is 0 Å². The summed E-state index contributed by atoms with van der Waals surface area (Å²) in [6.45, 7) is 6.14. The molecule has 7 heteroatoms. The lowest BCUT2D eigenvalue weighted by Gasteiger charge is -2.37. The van der Waals surface area contributed by atoms with Crippen LogP contribution in [0.1, 0.15) is 33.3 Å². The number of amides is 2. The fourth-order valence-electron chi connectivity index (χ4n) is 1.43. The van der Waals surface area contributed by atoms with Gasteiger partial charge in [-0.15, -0.1) is 0 Å². The van der Waals surface area contributed by atoms with E-state index in [1.807, 2.05) is 0 Å². The summed E-state index contributed by atoms with van der Waals surface area (Å²) in [7, 11) is 0. The van der Waals surface area contributed by atoms with Crippen LogP contribution in [0.15, 0.2) is 24.3 Å². The normalized spacial score (nSPS) is 13.0. The van der Waals surface area contributed by atoms with Crippen LogP contribution in [0.3, 0.4) is 0 Å². The summed E-state index contributed by atoms with van der Waals surface area (Å²) in [5, 5.41) is 14.5. The Balaban J connectivity index is 2.91. The number of carbonyl (C=O) groups excluding carboxylic acids is 1. The number of urea groups is 1. The van der Waals surface area contributed by atoms with Gasteiger partial charge in [-0.3, -0.25) is 0 Å². The summed E-state index contributed by atoms with van der Waals surface area (Å²) in [6, 6.07) is 3.87. The van der Waals surface area contributed by atoms with Crippen LogP contribution in [0, 0.1) is 0 Å². The molecule has 118 valence electrons. The zero-order valence-corrected chi connectivity index (χ0v) is 12.3. The number of rotatable bonds is 3. The van der Waals surface area contributed by atoms with Crippen LogP contribution < -0.4 is 10.6 Å². The second-order valence-electron chi connectivity index (χ2n) is 5.81. The number of hydrogen-bond acceptors (Lipinski definition) is 2. The first-order valence-electron chi connectivity index (χ1n) is 6.32. The number of carbonyl (C=O) groups is 1. The number of alkyl halides is 3. The first-order valence-corrected chi connectivity index (χ1v) is 6.32. The Kier molecular flexibility index (Phi) is 4.57. The van der Waals surface area contributed by atoms with E-state index in [1.54, 1.807) is 13.8 Å². The van der Waals surface area contributed by atoms with Gasteiger partial charge in [0.15, 0.2) is 0 Å². The van der Waals surface area contributed by atoms with Gasteiger partial charge >= 0.3 is 12.2 Å². The molecule has 4 nitrogen and oxygen atoms in total. The van der Waals surface area contributed by atoms with E-state index in [-0.39, 0.29) is 5.69 Å². The Morgan fingerprint density at radius 1 is 1.10 bits per heavy atom. The van der Waals surface area contributed by atoms with Crippen molar-refractivity contribution in [2.24, 2.45) is 0 Å². The SMILES string of the molecule is CC(C)(O)C(C)(C)NC(=O)Nc1ccccc1C(F)(F)F. The van der Waals surface area contributed by atoms with E-state index in [9.17, 15) is 23.1 Å². The van der Waals surface area contributed by atoms with Gasteiger partial charge < -0.3 is 15.7 Å². The van der Waals surface area contributed by atoms with Gasteiger partial charge in [-0.2, -0.15) is 13.2 Å². The van der Waals surface area contributed by atoms with Crippen LogP contribution in [0.25, 0.3) is 0 Å². The molecule has 21 heavy (non-hydrogen) atoms. The van der Waals surface area contributed by atoms with E-state index in [1.165, 1.54) is 32.0 Å². The molecule has 0 aliphatic carbocycles. The van der Waals surface area contributed by atoms with Crippen molar-refractivity contribution in [2.45, 2.75) is 45.0 Å². The fourth-order valence-corrected chi connectivity index (χ4v) is 1.43. The molecule has 2 amide bonds. The molecule has 0 heterocycles. The second kappa shape index (κ2) is 5.55. The molecule has 0 radical (unpaired) electrons. The summed E-state index contributed by atoms with van der Waals surface area (Å²) in [6.07, 6.45) is -4.56. The number of halogens is 3. The molecule has 0 fully saturated rings. The average molecular weight is 304 g/mol. The molecule has 0 atom stereocenters. The largest absolute Gasteiger partial charge is 0.418 e. The quantitative estimate of drug-likeness (QED) is 0.801. The third-order valence-electron chi connectivity index (χ3n) is 3.44. The Hall–Kier alpha value is -1.76. The summed E-state index contributed by atoms with van der Waals surface area (Å²) in [5.74, 6) is 0. The minimum atomic E-state index is -4.56. The average Bonchev–Trinajstić information content (AvgIpc) is 2.25. The predicted molar refractivity (Wildman–Crippen MR) is 74.0 cm³/mol. The molecular weight excluding hydrogens is 285 g/mol. The van der Waals surface area contributed by atoms with Crippen LogP contribution in [0.2, 0.25) is 0 Å². The fraction of sp³-hybridized carbons (Fsp3) is 0.500. The van der Waals surface area contributed by atoms with E-state index >= 15 is 0 Å². The highest BCUT2D eigenvalue weighted by atomic mass is 19.4. The van der Waals surface area contributed by atoms with Gasteiger partial charge in [-0.1, -0.05) is 12.1 Å². The minimum absolute atomic E-state index is 0.339. The molecule has 3 N–H and O–H groups in total. The monoisotopic (exact) mass is 304 g/mol. The Morgan fingerprint density at radius 3 is 2.10 bits per heavy atom. The molecule has 0 aliphatic heterocycles. The summed E-state index contributed by atoms with van der Waals surface area (Å²) in [4.78, 5) is 11.9. The maximum atomic E-state index is 12.8. The van der Waals surface area contributed by atoms with Crippen LogP contribution >= 0.6 is 0 Å². The van der Waals surface area contributed by atoms with Crippen molar-refractivity contribution in [3.63, 3.8) is 0 Å². The second-order valence-corrected chi connectivity index (χ2v) is 5.81. The van der Waals surface area contributed by atoms with Crippen LogP contribution in [-0.2, 0) is 6.18 Å². The van der Waals surface area contributed by atoms with Crippen molar-refractivity contribution in [3.05, 3.63) is 29.8 Å². The molecule has 1 aromatic rings. The van der Waals surface area contributed by atoms with Crippen LogP contribution in [-0.4, -0.2) is 22.3 Å². The number of benzene rings is 1. The summed E-state index contributed by atoms with van der Waals surface area (Å²) < 4.78 is 38.4. The summed E-state index contributed by atoms with van der Waals surface area (Å²) in [5.41, 5.74) is -3.53. The van der Waals surface area contributed by atoms with Crippen molar-refractivity contribution < 1.29 is 23.1 Å². The maximum absolute atomic E-state index is 12.8. The molecular formula is C14H19F3N2O2. The number of nitrogens with one attached hydrogen (secondary N) is 2. The van der Waals surface area contributed by atoms with Gasteiger partial charge in [0.2, 0.25) is 0 Å². The summed E-state index contributed by atoms with van der Waals surface area (Å²) >= 11 is 0. The highest BCUT2D eigenvalue weighted by Crippen LogP contribution is 2.34. The molecule has 1 aromatic carbocycles. The lowest BCUT2D eigenvalue weighted by molar-refractivity contribution is -0.136. The molecule has 0 bridgehead atoms. The van der Waals surface area contributed by atoms with Crippen molar-refractivity contribution in [1.82, 2.24) is 5.32 Å². The lowest BCUT2D eigenvalue weighted by Crippen LogP contribution is -2.58. The highest BCUT2D eigenvalue weighted by molar-refractivity contribution is 5.90. The Morgan fingerprint density at radius 2 is 1.62 bits per heavy atom. The van der Waals surface area contributed by atoms with Crippen molar-refractivity contribution in [1.29, 1.82) is 0 Å². The Bertz CT molecular complexity index is 520. The maximum Gasteiger partial charge on any atom is 0.418 e. The van der Waals surface area contributed by atoms with E-state index in [0.717, 1.165) is 6.07 Å². The first kappa shape index (κ1) is 17.3. The zero-order chi connectivity index (χ0) is 16.5. The molecule has 0 spiro atoms. The lowest BCUT2D eigenvalue weighted by atomic mass is 9.86. The molecule has 0 aromatic heterocycles. The standard InChI is InChI=1S/C14H19F3N2O2/c1-12(2,13(3,4)21)19-11(20)18-10-8-6-5-7-9(10)14(15,16)17/h5-8,21H,1-4H3,(H2,18,19,20). The van der Waals surface area contributed by atoms with Gasteiger partial charge in [-0.25, -0.2) is 4.79 Å². The van der Waals surface area contributed by atoms with Gasteiger partial charge in [-0.05, 0) is 39.8 Å².